The number of aryl methyl sites for hydroxylation is 1. The zero-order chi connectivity index (χ0) is 14.1. The minimum atomic E-state index is -0.728. The van der Waals surface area contributed by atoms with E-state index in [0.717, 1.165) is 24.8 Å². The van der Waals surface area contributed by atoms with Crippen molar-refractivity contribution in [2.45, 2.75) is 57.9 Å². The SMILES string of the molecule is CCCCc1ccc(C(N)CCCCC(=O)O)cc1. The quantitative estimate of drug-likeness (QED) is 0.668. The Bertz CT molecular complexity index is 373. The zero-order valence-electron chi connectivity index (χ0n) is 11.8. The van der Waals surface area contributed by atoms with Crippen molar-refractivity contribution in [3.05, 3.63) is 35.4 Å². The van der Waals surface area contributed by atoms with E-state index in [1.807, 2.05) is 0 Å². The zero-order valence-corrected chi connectivity index (χ0v) is 11.8. The van der Waals surface area contributed by atoms with E-state index >= 15 is 0 Å². The number of unbranched alkanes of at least 4 members (excludes halogenated alkanes) is 2. The van der Waals surface area contributed by atoms with Crippen LogP contribution in [-0.2, 0) is 11.2 Å². The second-order valence-corrected chi connectivity index (χ2v) is 5.09. The third kappa shape index (κ3) is 6.39. The molecule has 0 fully saturated rings. The van der Waals surface area contributed by atoms with E-state index in [0.29, 0.717) is 6.42 Å². The van der Waals surface area contributed by atoms with Gasteiger partial charge in [0.05, 0.1) is 0 Å². The summed E-state index contributed by atoms with van der Waals surface area (Å²) >= 11 is 0. The van der Waals surface area contributed by atoms with Crippen molar-refractivity contribution >= 4 is 5.97 Å². The molecule has 3 nitrogen and oxygen atoms in total. The molecule has 0 amide bonds. The molecule has 1 aromatic rings. The summed E-state index contributed by atoms with van der Waals surface area (Å²) in [5, 5.41) is 8.57. The first-order valence-electron chi connectivity index (χ1n) is 7.19. The molecule has 19 heavy (non-hydrogen) atoms. The Morgan fingerprint density at radius 3 is 2.47 bits per heavy atom. The van der Waals surface area contributed by atoms with E-state index in [1.165, 1.54) is 18.4 Å². The Hall–Kier alpha value is -1.35. The van der Waals surface area contributed by atoms with Crippen LogP contribution in [0.5, 0.6) is 0 Å². The summed E-state index contributed by atoms with van der Waals surface area (Å²) in [6.07, 6.45) is 6.23. The third-order valence-electron chi connectivity index (χ3n) is 3.38. The summed E-state index contributed by atoms with van der Waals surface area (Å²) < 4.78 is 0. The molecule has 0 aliphatic rings. The summed E-state index contributed by atoms with van der Waals surface area (Å²) in [7, 11) is 0. The van der Waals surface area contributed by atoms with Gasteiger partial charge in [-0.3, -0.25) is 4.79 Å². The lowest BCUT2D eigenvalue weighted by Gasteiger charge is -2.12. The second kappa shape index (κ2) is 8.70. The summed E-state index contributed by atoms with van der Waals surface area (Å²) in [6, 6.07) is 8.54. The van der Waals surface area contributed by atoms with Crippen molar-refractivity contribution in [2.24, 2.45) is 5.73 Å². The largest absolute Gasteiger partial charge is 0.481 e. The topological polar surface area (TPSA) is 63.3 Å². The summed E-state index contributed by atoms with van der Waals surface area (Å²) in [5.41, 5.74) is 8.63. The molecule has 0 spiro atoms. The molecule has 0 radical (unpaired) electrons. The van der Waals surface area contributed by atoms with Crippen molar-refractivity contribution in [3.63, 3.8) is 0 Å². The first-order chi connectivity index (χ1) is 9.13. The molecule has 1 rings (SSSR count). The van der Waals surface area contributed by atoms with Crippen LogP contribution < -0.4 is 5.73 Å². The molecule has 0 heterocycles. The minimum absolute atomic E-state index is 0.0222. The predicted octanol–water partition coefficient (Wildman–Crippen LogP) is 3.67. The number of benzene rings is 1. The number of hydrogen-bond acceptors (Lipinski definition) is 2. The van der Waals surface area contributed by atoms with Gasteiger partial charge in [0.25, 0.3) is 0 Å². The predicted molar refractivity (Wildman–Crippen MR) is 78.1 cm³/mol. The molecule has 106 valence electrons. The van der Waals surface area contributed by atoms with E-state index in [2.05, 4.69) is 31.2 Å². The van der Waals surface area contributed by atoms with Crippen LogP contribution in [-0.4, -0.2) is 11.1 Å². The van der Waals surface area contributed by atoms with Crippen molar-refractivity contribution in [3.8, 4) is 0 Å². The van der Waals surface area contributed by atoms with E-state index in [9.17, 15) is 4.79 Å². The van der Waals surface area contributed by atoms with Gasteiger partial charge < -0.3 is 10.8 Å². The Kier molecular flexibility index (Phi) is 7.19. The molecule has 3 N–H and O–H groups in total. The van der Waals surface area contributed by atoms with Gasteiger partial charge in [-0.1, -0.05) is 44.0 Å². The van der Waals surface area contributed by atoms with Crippen LogP contribution in [0, 0.1) is 0 Å². The highest BCUT2D eigenvalue weighted by Crippen LogP contribution is 2.18. The molecule has 1 atom stereocenters. The minimum Gasteiger partial charge on any atom is -0.481 e. The molecule has 0 aliphatic carbocycles. The standard InChI is InChI=1S/C16H25NO2/c1-2-3-6-13-9-11-14(12-10-13)15(17)7-4-5-8-16(18)19/h9-12,15H,2-8,17H2,1H3,(H,18,19). The van der Waals surface area contributed by atoms with Crippen molar-refractivity contribution in [2.75, 3.05) is 0 Å². The smallest absolute Gasteiger partial charge is 0.303 e. The van der Waals surface area contributed by atoms with Gasteiger partial charge in [0.2, 0.25) is 0 Å². The van der Waals surface area contributed by atoms with Crippen molar-refractivity contribution in [1.82, 2.24) is 0 Å². The van der Waals surface area contributed by atoms with Crippen molar-refractivity contribution < 1.29 is 9.90 Å². The lowest BCUT2D eigenvalue weighted by Crippen LogP contribution is -2.10. The normalized spacial score (nSPS) is 12.3. The number of nitrogens with two attached hydrogens (primary N) is 1. The second-order valence-electron chi connectivity index (χ2n) is 5.09. The van der Waals surface area contributed by atoms with Crippen LogP contribution >= 0.6 is 0 Å². The summed E-state index contributed by atoms with van der Waals surface area (Å²) in [4.78, 5) is 10.4. The summed E-state index contributed by atoms with van der Waals surface area (Å²) in [6.45, 7) is 2.20. The van der Waals surface area contributed by atoms with Gasteiger partial charge in [0, 0.05) is 12.5 Å². The molecule has 0 aromatic heterocycles. The molecule has 3 heteroatoms. The van der Waals surface area contributed by atoms with Gasteiger partial charge >= 0.3 is 5.97 Å². The van der Waals surface area contributed by atoms with Crippen LogP contribution in [0.1, 0.15) is 62.6 Å². The highest BCUT2D eigenvalue weighted by molar-refractivity contribution is 5.66. The van der Waals surface area contributed by atoms with Crippen LogP contribution in [0.3, 0.4) is 0 Å². The fourth-order valence-electron chi connectivity index (χ4n) is 2.12. The number of hydrogen-bond donors (Lipinski definition) is 2. The number of aliphatic carboxylic acids is 1. The average Bonchev–Trinajstić information content (AvgIpc) is 2.41. The summed E-state index contributed by atoms with van der Waals surface area (Å²) in [5.74, 6) is -0.728. The lowest BCUT2D eigenvalue weighted by atomic mass is 9.99. The monoisotopic (exact) mass is 263 g/mol. The molecule has 0 aliphatic heterocycles. The fraction of sp³-hybridized carbons (Fsp3) is 0.562. The van der Waals surface area contributed by atoms with E-state index in [4.69, 9.17) is 10.8 Å². The Labute approximate surface area is 115 Å². The molecule has 0 saturated carbocycles. The number of carboxylic acid groups (broad SMARTS) is 1. The average molecular weight is 263 g/mol. The highest BCUT2D eigenvalue weighted by Gasteiger charge is 2.06. The molecule has 0 saturated heterocycles. The van der Waals surface area contributed by atoms with Gasteiger partial charge in [-0.05, 0) is 36.8 Å². The first-order valence-corrected chi connectivity index (χ1v) is 7.19. The van der Waals surface area contributed by atoms with Gasteiger partial charge in [-0.15, -0.1) is 0 Å². The van der Waals surface area contributed by atoms with Gasteiger partial charge in [0.1, 0.15) is 0 Å². The molecule has 1 unspecified atom stereocenters. The number of rotatable bonds is 9. The Morgan fingerprint density at radius 2 is 1.89 bits per heavy atom. The van der Waals surface area contributed by atoms with Gasteiger partial charge in [-0.25, -0.2) is 0 Å². The van der Waals surface area contributed by atoms with Crippen LogP contribution in [0.2, 0.25) is 0 Å². The number of carboxylic acids is 1. The fourth-order valence-corrected chi connectivity index (χ4v) is 2.12. The van der Waals surface area contributed by atoms with Gasteiger partial charge in [-0.2, -0.15) is 0 Å². The maximum Gasteiger partial charge on any atom is 0.303 e. The van der Waals surface area contributed by atoms with E-state index < -0.39 is 5.97 Å². The lowest BCUT2D eigenvalue weighted by molar-refractivity contribution is -0.137. The highest BCUT2D eigenvalue weighted by atomic mass is 16.4. The Balaban J connectivity index is 2.35. The molecular formula is C16H25NO2. The van der Waals surface area contributed by atoms with Crippen LogP contribution in [0.15, 0.2) is 24.3 Å². The Morgan fingerprint density at radius 1 is 1.21 bits per heavy atom. The third-order valence-corrected chi connectivity index (χ3v) is 3.38. The van der Waals surface area contributed by atoms with Gasteiger partial charge in [0.15, 0.2) is 0 Å². The maximum atomic E-state index is 10.4. The maximum absolute atomic E-state index is 10.4. The van der Waals surface area contributed by atoms with E-state index in [1.54, 1.807) is 0 Å². The van der Waals surface area contributed by atoms with Crippen LogP contribution in [0.4, 0.5) is 0 Å². The van der Waals surface area contributed by atoms with E-state index in [-0.39, 0.29) is 12.5 Å². The first kappa shape index (κ1) is 15.7. The molecule has 1 aromatic carbocycles. The van der Waals surface area contributed by atoms with Crippen LogP contribution in [0.25, 0.3) is 0 Å². The molecule has 0 bridgehead atoms. The van der Waals surface area contributed by atoms with Crippen molar-refractivity contribution in [1.29, 1.82) is 0 Å². The molecular weight excluding hydrogens is 238 g/mol. The number of carbonyl (C=O) groups is 1.